The van der Waals surface area contributed by atoms with Gasteiger partial charge in [-0.2, -0.15) is 0 Å². The molecule has 5 heteroatoms. The predicted molar refractivity (Wildman–Crippen MR) is 229 cm³/mol. The zero-order chi connectivity index (χ0) is 37.0. The molecule has 3 aromatic heterocycles. The minimum absolute atomic E-state index is 0.602. The Morgan fingerprint density at radius 2 is 0.839 bits per heavy atom. The summed E-state index contributed by atoms with van der Waals surface area (Å²) in [5, 5.41) is 4.38. The van der Waals surface area contributed by atoms with E-state index in [1.165, 1.54) is 5.39 Å². The van der Waals surface area contributed by atoms with Crippen LogP contribution in [0, 0.1) is 0 Å². The number of fused-ring (bicyclic) bond motifs is 7. The molecule has 0 spiro atoms. The first-order valence-corrected chi connectivity index (χ1v) is 18.8. The van der Waals surface area contributed by atoms with Gasteiger partial charge in [0.1, 0.15) is 11.2 Å². The second-order valence-electron chi connectivity index (χ2n) is 14.0. The fraction of sp³-hybridized carbons (Fsp3) is 0. The van der Waals surface area contributed by atoms with Crippen LogP contribution in [0.5, 0.6) is 0 Å². The number of nitrogens with zero attached hydrogens (tertiary/aromatic N) is 4. The number of para-hydroxylation sites is 1. The van der Waals surface area contributed by atoms with Gasteiger partial charge in [0.2, 0.25) is 0 Å². The molecule has 0 amide bonds. The first-order valence-electron chi connectivity index (χ1n) is 18.8. The minimum Gasteiger partial charge on any atom is -0.456 e. The predicted octanol–water partition coefficient (Wildman–Crippen LogP) is 13.2. The SMILES string of the molecule is c1ccc(-c2cc(-c3ccccc3)cc(-n3c4ccccc4c4ccc5oc6ccc(-c7nc(-c8ccccc8)nc(-c8ccccc8)n7)cc6c5c43)c2)cc1. The fourth-order valence-electron chi connectivity index (χ4n) is 8.00. The van der Waals surface area contributed by atoms with Crippen LogP contribution < -0.4 is 0 Å². The smallest absolute Gasteiger partial charge is 0.164 e. The van der Waals surface area contributed by atoms with Crippen molar-refractivity contribution in [1.29, 1.82) is 0 Å². The number of furan rings is 1. The molecule has 0 unspecified atom stereocenters. The van der Waals surface area contributed by atoms with Crippen molar-refractivity contribution in [3.8, 4) is 62.1 Å². The van der Waals surface area contributed by atoms with E-state index in [1.807, 2.05) is 72.8 Å². The Bertz CT molecular complexity index is 3110. The maximum atomic E-state index is 6.64. The van der Waals surface area contributed by atoms with Crippen LogP contribution in [-0.4, -0.2) is 19.5 Å². The molecule has 56 heavy (non-hydrogen) atoms. The standard InChI is InChI=1S/C51H32N4O/c1-5-15-33(16-6-1)38-29-39(34-17-7-2-8-18-34)31-40(30-38)55-44-24-14-13-23-41(44)42-26-28-46-47(48(42)55)43-32-37(25-27-45(43)56-46)51-53-49(35-19-9-3-10-20-35)52-50(54-51)36-21-11-4-12-22-36/h1-32H. The zero-order valence-electron chi connectivity index (χ0n) is 30.2. The largest absolute Gasteiger partial charge is 0.456 e. The number of aromatic nitrogens is 4. The molecule has 3 heterocycles. The van der Waals surface area contributed by atoms with E-state index in [-0.39, 0.29) is 0 Å². The summed E-state index contributed by atoms with van der Waals surface area (Å²) in [5.74, 6) is 1.85. The summed E-state index contributed by atoms with van der Waals surface area (Å²) in [7, 11) is 0. The lowest BCUT2D eigenvalue weighted by atomic mass is 9.98. The summed E-state index contributed by atoms with van der Waals surface area (Å²) in [6.07, 6.45) is 0. The van der Waals surface area contributed by atoms with E-state index in [0.717, 1.165) is 83.0 Å². The number of rotatable bonds is 6. The zero-order valence-corrected chi connectivity index (χ0v) is 30.2. The molecular weight excluding hydrogens is 685 g/mol. The van der Waals surface area contributed by atoms with Gasteiger partial charge in [-0.15, -0.1) is 0 Å². The first-order chi connectivity index (χ1) is 27.7. The van der Waals surface area contributed by atoms with Gasteiger partial charge in [0, 0.05) is 38.5 Å². The number of benzene rings is 8. The molecule has 0 aliphatic heterocycles. The van der Waals surface area contributed by atoms with Crippen molar-refractivity contribution < 1.29 is 4.42 Å². The van der Waals surface area contributed by atoms with Crippen LogP contribution in [0.2, 0.25) is 0 Å². The van der Waals surface area contributed by atoms with Gasteiger partial charge in [0.25, 0.3) is 0 Å². The Balaban J connectivity index is 1.19. The summed E-state index contributed by atoms with van der Waals surface area (Å²) in [6.45, 7) is 0. The highest BCUT2D eigenvalue weighted by Crippen LogP contribution is 2.43. The summed E-state index contributed by atoms with van der Waals surface area (Å²) in [6, 6.07) is 67.5. The molecule has 0 N–H and O–H groups in total. The topological polar surface area (TPSA) is 56.7 Å². The lowest BCUT2D eigenvalue weighted by molar-refractivity contribution is 0.669. The highest BCUT2D eigenvalue weighted by molar-refractivity contribution is 6.24. The monoisotopic (exact) mass is 716 g/mol. The van der Waals surface area contributed by atoms with E-state index in [2.05, 4.69) is 126 Å². The molecule has 262 valence electrons. The van der Waals surface area contributed by atoms with Gasteiger partial charge < -0.3 is 8.98 Å². The molecule has 0 radical (unpaired) electrons. The average Bonchev–Trinajstić information content (AvgIpc) is 3.83. The molecule has 11 rings (SSSR count). The summed E-state index contributed by atoms with van der Waals surface area (Å²) >= 11 is 0. The van der Waals surface area contributed by atoms with Crippen molar-refractivity contribution in [3.05, 3.63) is 194 Å². The third-order valence-corrected chi connectivity index (χ3v) is 10.6. The molecule has 0 bridgehead atoms. The third kappa shape index (κ3) is 5.37. The molecule has 11 aromatic rings. The quantitative estimate of drug-likeness (QED) is 0.172. The van der Waals surface area contributed by atoms with Gasteiger partial charge in [0.05, 0.1) is 16.4 Å². The van der Waals surface area contributed by atoms with Crippen molar-refractivity contribution in [3.63, 3.8) is 0 Å². The van der Waals surface area contributed by atoms with Crippen molar-refractivity contribution >= 4 is 43.7 Å². The van der Waals surface area contributed by atoms with Gasteiger partial charge in [-0.1, -0.05) is 140 Å². The van der Waals surface area contributed by atoms with E-state index in [1.54, 1.807) is 0 Å². The molecule has 0 saturated heterocycles. The lowest BCUT2D eigenvalue weighted by Crippen LogP contribution is -2.00. The van der Waals surface area contributed by atoms with Gasteiger partial charge in [-0.3, -0.25) is 0 Å². The maximum absolute atomic E-state index is 6.64. The van der Waals surface area contributed by atoms with Crippen molar-refractivity contribution in [2.24, 2.45) is 0 Å². The van der Waals surface area contributed by atoms with E-state index < -0.39 is 0 Å². The number of hydrogen-bond acceptors (Lipinski definition) is 4. The maximum Gasteiger partial charge on any atom is 0.164 e. The van der Waals surface area contributed by atoms with Gasteiger partial charge in [-0.05, 0) is 76.9 Å². The van der Waals surface area contributed by atoms with Crippen molar-refractivity contribution in [2.45, 2.75) is 0 Å². The van der Waals surface area contributed by atoms with Crippen LogP contribution in [0.25, 0.3) is 106 Å². The van der Waals surface area contributed by atoms with E-state index in [0.29, 0.717) is 17.5 Å². The Morgan fingerprint density at radius 3 is 1.43 bits per heavy atom. The van der Waals surface area contributed by atoms with Crippen LogP contribution in [0.3, 0.4) is 0 Å². The third-order valence-electron chi connectivity index (χ3n) is 10.6. The molecule has 0 atom stereocenters. The van der Waals surface area contributed by atoms with Crippen molar-refractivity contribution in [2.75, 3.05) is 0 Å². The van der Waals surface area contributed by atoms with Crippen LogP contribution >= 0.6 is 0 Å². The minimum atomic E-state index is 0.602. The summed E-state index contributed by atoms with van der Waals surface area (Å²) in [5.41, 5.74) is 12.3. The molecular formula is C51H32N4O. The van der Waals surface area contributed by atoms with Crippen LogP contribution in [0.15, 0.2) is 199 Å². The van der Waals surface area contributed by atoms with Crippen LogP contribution in [-0.2, 0) is 0 Å². The fourth-order valence-corrected chi connectivity index (χ4v) is 8.00. The summed E-state index contributed by atoms with van der Waals surface area (Å²) in [4.78, 5) is 15.0. The average molecular weight is 717 g/mol. The normalized spacial score (nSPS) is 11.6. The molecule has 0 aliphatic rings. The Morgan fingerprint density at radius 1 is 0.339 bits per heavy atom. The van der Waals surface area contributed by atoms with Crippen LogP contribution in [0.4, 0.5) is 0 Å². The summed E-state index contributed by atoms with van der Waals surface area (Å²) < 4.78 is 9.06. The van der Waals surface area contributed by atoms with Crippen molar-refractivity contribution in [1.82, 2.24) is 19.5 Å². The Kier molecular flexibility index (Phi) is 7.42. The second-order valence-corrected chi connectivity index (χ2v) is 14.0. The lowest BCUT2D eigenvalue weighted by Gasteiger charge is -2.14. The van der Waals surface area contributed by atoms with E-state index >= 15 is 0 Å². The first kappa shape index (κ1) is 31.9. The number of hydrogen-bond donors (Lipinski definition) is 0. The van der Waals surface area contributed by atoms with Gasteiger partial charge >= 0.3 is 0 Å². The molecule has 8 aromatic carbocycles. The highest BCUT2D eigenvalue weighted by Gasteiger charge is 2.21. The van der Waals surface area contributed by atoms with E-state index in [4.69, 9.17) is 19.4 Å². The molecule has 0 fully saturated rings. The Labute approximate surface area is 322 Å². The molecule has 0 aliphatic carbocycles. The molecule has 0 saturated carbocycles. The van der Waals surface area contributed by atoms with E-state index in [9.17, 15) is 0 Å². The van der Waals surface area contributed by atoms with Gasteiger partial charge in [-0.25, -0.2) is 15.0 Å². The second kappa shape index (κ2) is 13.0. The highest BCUT2D eigenvalue weighted by atomic mass is 16.3. The Hall–Kier alpha value is -7.63. The van der Waals surface area contributed by atoms with Crippen LogP contribution in [0.1, 0.15) is 0 Å². The van der Waals surface area contributed by atoms with Gasteiger partial charge in [0.15, 0.2) is 17.5 Å². The molecule has 5 nitrogen and oxygen atoms in total.